The van der Waals surface area contributed by atoms with E-state index in [9.17, 15) is 23.6 Å². The summed E-state index contributed by atoms with van der Waals surface area (Å²) in [6.45, 7) is 4.35. The summed E-state index contributed by atoms with van der Waals surface area (Å²) in [7, 11) is 1.65. The van der Waals surface area contributed by atoms with E-state index in [1.807, 2.05) is 24.3 Å². The maximum atomic E-state index is 14.5. The number of nitrogens with one attached hydrogen (secondary N) is 1. The van der Waals surface area contributed by atoms with Gasteiger partial charge in [-0.2, -0.15) is 0 Å². The van der Waals surface area contributed by atoms with Crippen LogP contribution in [0.25, 0.3) is 6.08 Å². The van der Waals surface area contributed by atoms with Gasteiger partial charge in [0.2, 0.25) is 5.91 Å². The third-order valence-electron chi connectivity index (χ3n) is 7.22. The Morgan fingerprint density at radius 1 is 1.05 bits per heavy atom. The Morgan fingerprint density at radius 3 is 2.21 bits per heavy atom. The van der Waals surface area contributed by atoms with Gasteiger partial charge in [-0.25, -0.2) is 9.18 Å². The Bertz CT molecular complexity index is 1370. The average molecular weight is 603 g/mol. The number of carboxylic acid groups (broad SMARTS) is 3. The third kappa shape index (κ3) is 8.75. The fourth-order valence-corrected chi connectivity index (χ4v) is 5.16. The van der Waals surface area contributed by atoms with Crippen molar-refractivity contribution in [1.82, 2.24) is 10.2 Å². The van der Waals surface area contributed by atoms with Gasteiger partial charge < -0.3 is 35.2 Å². The van der Waals surface area contributed by atoms with Crippen molar-refractivity contribution in [2.24, 2.45) is 0 Å². The average Bonchev–Trinajstić information content (AvgIpc) is 2.93. The standard InChI is InChI=1S/C24H27FN2O3.C6H8O7/c1-17(28)26-24(21-5-3-4-6-22(21)25)9-11-27(12-10-24)15-18-13-19-14-20(29-2)7-8-23(19)30-16-18;7-3(8)1-6(13,5(11)12)2-4(9)10/h3-8,13-14H,9-12,15-16H2,1-2H3,(H,26,28);13H,1-2H2,(H,7,8)(H,9,10)(H,11,12). The molecule has 2 aromatic carbocycles. The summed E-state index contributed by atoms with van der Waals surface area (Å²) in [5.74, 6) is -3.76. The molecule has 1 saturated heterocycles. The van der Waals surface area contributed by atoms with Gasteiger partial charge >= 0.3 is 17.9 Å². The minimum absolute atomic E-state index is 0.138. The Kier molecular flexibility index (Phi) is 10.8. The van der Waals surface area contributed by atoms with E-state index in [0.717, 1.165) is 36.7 Å². The summed E-state index contributed by atoms with van der Waals surface area (Å²) in [5.41, 5.74) is -0.621. The highest BCUT2D eigenvalue weighted by molar-refractivity contribution is 5.88. The number of likely N-dealkylation sites (tertiary alicyclic amines) is 1. The number of aliphatic carboxylic acids is 3. The predicted octanol–water partition coefficient (Wildman–Crippen LogP) is 2.49. The number of fused-ring (bicyclic) bond motifs is 1. The quantitative estimate of drug-likeness (QED) is 0.269. The summed E-state index contributed by atoms with van der Waals surface area (Å²) >= 11 is 0. The lowest BCUT2D eigenvalue weighted by Crippen LogP contribution is -2.53. The minimum Gasteiger partial charge on any atom is -0.497 e. The largest absolute Gasteiger partial charge is 0.497 e. The van der Waals surface area contributed by atoms with E-state index in [1.54, 1.807) is 19.2 Å². The molecule has 0 unspecified atom stereocenters. The third-order valence-corrected chi connectivity index (χ3v) is 7.22. The second kappa shape index (κ2) is 14.1. The molecule has 5 N–H and O–H groups in total. The number of amides is 1. The lowest BCUT2D eigenvalue weighted by molar-refractivity contribution is -0.170. The first-order chi connectivity index (χ1) is 20.3. The molecule has 1 fully saturated rings. The van der Waals surface area contributed by atoms with Crippen molar-refractivity contribution in [3.8, 4) is 11.5 Å². The van der Waals surface area contributed by atoms with Crippen LogP contribution in [0.1, 0.15) is 43.7 Å². The molecule has 0 bridgehead atoms. The maximum Gasteiger partial charge on any atom is 0.336 e. The van der Waals surface area contributed by atoms with E-state index >= 15 is 0 Å². The number of aliphatic hydroxyl groups is 1. The van der Waals surface area contributed by atoms with E-state index in [1.165, 1.54) is 18.6 Å². The predicted molar refractivity (Wildman–Crippen MR) is 151 cm³/mol. The number of nitrogens with zero attached hydrogens (tertiary/aromatic N) is 1. The highest BCUT2D eigenvalue weighted by atomic mass is 19.1. The Balaban J connectivity index is 0.000000331. The number of benzene rings is 2. The molecule has 0 spiro atoms. The van der Waals surface area contributed by atoms with E-state index in [2.05, 4.69) is 16.3 Å². The fourth-order valence-electron chi connectivity index (χ4n) is 5.16. The zero-order valence-corrected chi connectivity index (χ0v) is 23.8. The molecule has 1 amide bonds. The lowest BCUT2D eigenvalue weighted by atomic mass is 9.80. The van der Waals surface area contributed by atoms with Gasteiger partial charge in [-0.3, -0.25) is 19.3 Å². The molecule has 2 aromatic rings. The second-order valence-electron chi connectivity index (χ2n) is 10.5. The Morgan fingerprint density at radius 2 is 1.67 bits per heavy atom. The molecule has 232 valence electrons. The monoisotopic (exact) mass is 602 g/mol. The number of ether oxygens (including phenoxy) is 2. The number of halogens is 1. The van der Waals surface area contributed by atoms with Gasteiger partial charge in [0, 0.05) is 37.7 Å². The van der Waals surface area contributed by atoms with Crippen LogP contribution in [0.4, 0.5) is 4.39 Å². The molecule has 4 rings (SSSR count). The van der Waals surface area contributed by atoms with Crippen molar-refractivity contribution in [2.45, 2.75) is 43.7 Å². The summed E-state index contributed by atoms with van der Waals surface area (Å²) in [6, 6.07) is 12.5. The number of methoxy groups -OCH3 is 1. The van der Waals surface area contributed by atoms with E-state index in [-0.39, 0.29) is 11.7 Å². The van der Waals surface area contributed by atoms with Crippen LogP contribution in [-0.4, -0.2) is 88.1 Å². The molecule has 2 aliphatic rings. The van der Waals surface area contributed by atoms with Gasteiger partial charge in [-0.1, -0.05) is 18.2 Å². The highest BCUT2D eigenvalue weighted by Gasteiger charge is 2.41. The Labute approximate surface area is 247 Å². The van der Waals surface area contributed by atoms with Crippen LogP contribution in [0, 0.1) is 5.82 Å². The van der Waals surface area contributed by atoms with Gasteiger partial charge in [0.1, 0.15) is 23.9 Å². The van der Waals surface area contributed by atoms with Gasteiger partial charge in [-0.15, -0.1) is 0 Å². The summed E-state index contributed by atoms with van der Waals surface area (Å²) < 4.78 is 25.8. The number of carbonyl (C=O) groups excluding carboxylic acids is 1. The second-order valence-corrected chi connectivity index (χ2v) is 10.5. The summed E-state index contributed by atoms with van der Waals surface area (Å²) in [5, 5.41) is 36.9. The van der Waals surface area contributed by atoms with Crippen molar-refractivity contribution in [3.63, 3.8) is 0 Å². The number of piperidine rings is 1. The number of hydrogen-bond acceptors (Lipinski definition) is 8. The zero-order chi connectivity index (χ0) is 31.8. The first-order valence-corrected chi connectivity index (χ1v) is 13.4. The van der Waals surface area contributed by atoms with E-state index < -0.39 is 41.9 Å². The number of carbonyl (C=O) groups is 4. The fraction of sp³-hybridized carbons (Fsp3) is 0.400. The molecule has 0 aliphatic carbocycles. The van der Waals surface area contributed by atoms with Gasteiger partial charge in [0.05, 0.1) is 25.5 Å². The normalized spacial score (nSPS) is 15.9. The molecular weight excluding hydrogens is 567 g/mol. The van der Waals surface area contributed by atoms with Gasteiger partial charge in [0.25, 0.3) is 0 Å². The van der Waals surface area contributed by atoms with Crippen molar-refractivity contribution < 1.29 is 53.5 Å². The zero-order valence-electron chi connectivity index (χ0n) is 23.8. The van der Waals surface area contributed by atoms with Crippen LogP contribution in [0.3, 0.4) is 0 Å². The summed E-state index contributed by atoms with van der Waals surface area (Å²) in [6.07, 6.45) is 1.19. The molecule has 12 nitrogen and oxygen atoms in total. The Hall–Kier alpha value is -4.49. The number of carboxylic acids is 3. The maximum absolute atomic E-state index is 14.5. The van der Waals surface area contributed by atoms with Crippen molar-refractivity contribution in [3.05, 3.63) is 65.0 Å². The lowest BCUT2D eigenvalue weighted by Gasteiger charge is -2.43. The smallest absolute Gasteiger partial charge is 0.336 e. The summed E-state index contributed by atoms with van der Waals surface area (Å²) in [4.78, 5) is 44.7. The molecule has 2 aliphatic heterocycles. The molecule has 0 atom stereocenters. The van der Waals surface area contributed by atoms with Crippen LogP contribution >= 0.6 is 0 Å². The van der Waals surface area contributed by atoms with E-state index in [0.29, 0.717) is 25.0 Å². The van der Waals surface area contributed by atoms with Gasteiger partial charge in [0.15, 0.2) is 5.60 Å². The van der Waals surface area contributed by atoms with Crippen molar-refractivity contribution in [2.75, 3.05) is 33.4 Å². The molecule has 13 heteroatoms. The van der Waals surface area contributed by atoms with Crippen LogP contribution < -0.4 is 14.8 Å². The molecular formula is C30H35FN2O10. The van der Waals surface area contributed by atoms with Crippen molar-refractivity contribution >= 4 is 29.9 Å². The number of hydrogen-bond donors (Lipinski definition) is 5. The SMILES string of the molecule is COc1ccc2c(c1)C=C(CN1CCC(NC(C)=O)(c3ccccc3F)CC1)CO2.O=C(O)CC(O)(CC(=O)O)C(=O)O. The highest BCUT2D eigenvalue weighted by Crippen LogP contribution is 2.36. The first-order valence-electron chi connectivity index (χ1n) is 13.4. The van der Waals surface area contributed by atoms with Gasteiger partial charge in [-0.05, 0) is 48.8 Å². The van der Waals surface area contributed by atoms with Crippen LogP contribution in [-0.2, 0) is 24.7 Å². The minimum atomic E-state index is -2.74. The molecule has 2 heterocycles. The van der Waals surface area contributed by atoms with Crippen LogP contribution in [0.2, 0.25) is 0 Å². The topological polar surface area (TPSA) is 183 Å². The van der Waals surface area contributed by atoms with E-state index in [4.69, 9.17) is 29.9 Å². The molecule has 0 radical (unpaired) electrons. The molecule has 0 aromatic heterocycles. The first kappa shape index (κ1) is 33.0. The van der Waals surface area contributed by atoms with Crippen molar-refractivity contribution in [1.29, 1.82) is 0 Å². The molecule has 43 heavy (non-hydrogen) atoms. The number of rotatable bonds is 10. The molecule has 0 saturated carbocycles. The van der Waals surface area contributed by atoms with Crippen LogP contribution in [0.15, 0.2) is 48.0 Å². The van der Waals surface area contributed by atoms with Crippen LogP contribution in [0.5, 0.6) is 11.5 Å².